The normalized spacial score (nSPS) is 13.5. The number of hydrogen-bond acceptors (Lipinski definition) is 9. The SMILES string of the molecule is COc1cc(C(=O)Nc2ccc3c(c2)OC(F)(F)O3)c(NC(=O)c2nccc3nc(C)sc23)cn1. The summed E-state index contributed by atoms with van der Waals surface area (Å²) < 4.78 is 41.1. The Balaban J connectivity index is 1.43. The Kier molecular flexibility index (Phi) is 5.40. The van der Waals surface area contributed by atoms with E-state index in [2.05, 4.69) is 35.1 Å². The quantitative estimate of drug-likeness (QED) is 0.418. The van der Waals surface area contributed by atoms with Gasteiger partial charge < -0.3 is 24.8 Å². The van der Waals surface area contributed by atoms with Gasteiger partial charge in [-0.15, -0.1) is 20.1 Å². The third-order valence-electron chi connectivity index (χ3n) is 4.87. The summed E-state index contributed by atoms with van der Waals surface area (Å²) >= 11 is 1.32. The van der Waals surface area contributed by atoms with Crippen LogP contribution in [0.25, 0.3) is 10.2 Å². The van der Waals surface area contributed by atoms with Crippen LogP contribution in [0.4, 0.5) is 20.2 Å². The number of pyridine rings is 2. The number of alkyl halides is 2. The average Bonchev–Trinajstić information content (AvgIpc) is 3.35. The van der Waals surface area contributed by atoms with Gasteiger partial charge in [-0.05, 0) is 25.1 Å². The molecule has 2 amide bonds. The highest BCUT2D eigenvalue weighted by atomic mass is 32.1. The number of halogens is 2. The average molecular weight is 499 g/mol. The fourth-order valence-electron chi connectivity index (χ4n) is 3.37. The van der Waals surface area contributed by atoms with Crippen molar-refractivity contribution in [2.75, 3.05) is 17.7 Å². The number of nitrogens with one attached hydrogen (secondary N) is 2. The van der Waals surface area contributed by atoms with Crippen LogP contribution in [0.1, 0.15) is 25.9 Å². The molecule has 1 aromatic carbocycles. The van der Waals surface area contributed by atoms with Crippen LogP contribution in [0.2, 0.25) is 0 Å². The first-order valence-electron chi connectivity index (χ1n) is 10.0. The summed E-state index contributed by atoms with van der Waals surface area (Å²) in [5, 5.41) is 6.00. The monoisotopic (exact) mass is 499 g/mol. The van der Waals surface area contributed by atoms with E-state index in [1.807, 2.05) is 6.92 Å². The second-order valence-electron chi connectivity index (χ2n) is 7.25. The third kappa shape index (κ3) is 4.40. The molecule has 4 aromatic rings. The maximum Gasteiger partial charge on any atom is 0.586 e. The summed E-state index contributed by atoms with van der Waals surface area (Å²) in [6.45, 7) is 1.82. The summed E-state index contributed by atoms with van der Waals surface area (Å²) in [6.07, 6.45) is -1.04. The smallest absolute Gasteiger partial charge is 0.481 e. The van der Waals surface area contributed by atoms with Crippen molar-refractivity contribution in [1.29, 1.82) is 0 Å². The lowest BCUT2D eigenvalue weighted by molar-refractivity contribution is -0.286. The fraction of sp³-hybridized carbons (Fsp3) is 0.136. The fourth-order valence-corrected chi connectivity index (χ4v) is 4.27. The maximum atomic E-state index is 13.3. The number of amides is 2. The number of rotatable bonds is 5. The van der Waals surface area contributed by atoms with Crippen LogP contribution in [0.3, 0.4) is 0 Å². The molecule has 0 radical (unpaired) electrons. The first-order valence-corrected chi connectivity index (χ1v) is 10.8. The molecule has 10 nitrogen and oxygen atoms in total. The zero-order valence-electron chi connectivity index (χ0n) is 18.1. The van der Waals surface area contributed by atoms with E-state index in [-0.39, 0.29) is 40.0 Å². The van der Waals surface area contributed by atoms with E-state index in [1.54, 1.807) is 6.07 Å². The summed E-state index contributed by atoms with van der Waals surface area (Å²) in [4.78, 5) is 38.7. The molecule has 0 bridgehead atoms. The molecule has 13 heteroatoms. The molecular weight excluding hydrogens is 484 g/mol. The van der Waals surface area contributed by atoms with Gasteiger partial charge in [-0.2, -0.15) is 0 Å². The van der Waals surface area contributed by atoms with Gasteiger partial charge in [0.25, 0.3) is 11.8 Å². The molecule has 35 heavy (non-hydrogen) atoms. The van der Waals surface area contributed by atoms with Crippen molar-refractivity contribution >= 4 is 44.7 Å². The summed E-state index contributed by atoms with van der Waals surface area (Å²) in [7, 11) is 1.37. The number of fused-ring (bicyclic) bond motifs is 2. The van der Waals surface area contributed by atoms with Crippen molar-refractivity contribution in [3.05, 3.63) is 59.0 Å². The Morgan fingerprint density at radius 3 is 2.66 bits per heavy atom. The van der Waals surface area contributed by atoms with Crippen LogP contribution < -0.4 is 24.8 Å². The first-order chi connectivity index (χ1) is 16.7. The molecule has 2 N–H and O–H groups in total. The Bertz CT molecular complexity index is 1490. The van der Waals surface area contributed by atoms with Gasteiger partial charge in [-0.25, -0.2) is 15.0 Å². The van der Waals surface area contributed by atoms with Gasteiger partial charge in [0.1, 0.15) is 5.69 Å². The number of thiazole rings is 1. The van der Waals surface area contributed by atoms with Crippen molar-refractivity contribution < 1.29 is 32.6 Å². The molecule has 178 valence electrons. The van der Waals surface area contributed by atoms with E-state index in [4.69, 9.17) is 4.74 Å². The van der Waals surface area contributed by atoms with Crippen molar-refractivity contribution in [2.24, 2.45) is 0 Å². The molecular formula is C22H15F2N5O5S. The highest BCUT2D eigenvalue weighted by Crippen LogP contribution is 2.42. The number of carbonyl (C=O) groups is 2. The van der Waals surface area contributed by atoms with E-state index in [0.717, 1.165) is 5.01 Å². The number of hydrogen-bond donors (Lipinski definition) is 2. The Morgan fingerprint density at radius 2 is 1.86 bits per heavy atom. The number of aryl methyl sites for hydroxylation is 1. The molecule has 0 saturated carbocycles. The minimum atomic E-state index is -3.78. The molecule has 0 saturated heterocycles. The van der Waals surface area contributed by atoms with Crippen molar-refractivity contribution in [3.63, 3.8) is 0 Å². The van der Waals surface area contributed by atoms with Gasteiger partial charge in [-0.3, -0.25) is 9.59 Å². The second-order valence-corrected chi connectivity index (χ2v) is 8.45. The van der Waals surface area contributed by atoms with E-state index >= 15 is 0 Å². The van der Waals surface area contributed by atoms with Crippen LogP contribution >= 0.6 is 11.3 Å². The molecule has 0 spiro atoms. The van der Waals surface area contributed by atoms with E-state index in [0.29, 0.717) is 10.2 Å². The molecule has 3 aromatic heterocycles. The highest BCUT2D eigenvalue weighted by Gasteiger charge is 2.43. The first kappa shape index (κ1) is 22.4. The summed E-state index contributed by atoms with van der Waals surface area (Å²) in [5.74, 6) is -1.49. The predicted molar refractivity (Wildman–Crippen MR) is 121 cm³/mol. The minimum Gasteiger partial charge on any atom is -0.481 e. The molecule has 0 aliphatic carbocycles. The van der Waals surface area contributed by atoms with Crippen LogP contribution in [0, 0.1) is 6.92 Å². The van der Waals surface area contributed by atoms with E-state index < -0.39 is 18.1 Å². The predicted octanol–water partition coefficient (Wildman–Crippen LogP) is 4.23. The molecule has 1 aliphatic heterocycles. The van der Waals surface area contributed by atoms with Gasteiger partial charge in [0.05, 0.1) is 39.8 Å². The van der Waals surface area contributed by atoms with Crippen LogP contribution in [-0.4, -0.2) is 40.2 Å². The zero-order chi connectivity index (χ0) is 24.7. The number of benzene rings is 1. The van der Waals surface area contributed by atoms with Crippen LogP contribution in [0.5, 0.6) is 17.4 Å². The Labute approximate surface area is 199 Å². The van der Waals surface area contributed by atoms with Crippen molar-refractivity contribution in [3.8, 4) is 17.4 Å². The second kappa shape index (κ2) is 8.43. The van der Waals surface area contributed by atoms with E-state index in [1.165, 1.54) is 55.1 Å². The van der Waals surface area contributed by atoms with Gasteiger partial charge in [0.2, 0.25) is 5.88 Å². The van der Waals surface area contributed by atoms with Gasteiger partial charge in [0.15, 0.2) is 11.5 Å². The van der Waals surface area contributed by atoms with Crippen molar-refractivity contribution in [2.45, 2.75) is 13.2 Å². The molecule has 5 rings (SSSR count). The highest BCUT2D eigenvalue weighted by molar-refractivity contribution is 7.18. The molecule has 1 aliphatic rings. The molecule has 0 atom stereocenters. The van der Waals surface area contributed by atoms with Crippen molar-refractivity contribution in [1.82, 2.24) is 15.0 Å². The number of methoxy groups -OCH3 is 1. The van der Waals surface area contributed by atoms with Gasteiger partial charge in [0, 0.05) is 24.0 Å². The number of carbonyl (C=O) groups excluding carboxylic acids is 2. The largest absolute Gasteiger partial charge is 0.586 e. The zero-order valence-corrected chi connectivity index (χ0v) is 18.9. The third-order valence-corrected chi connectivity index (χ3v) is 5.86. The Morgan fingerprint density at radius 1 is 1.06 bits per heavy atom. The number of aromatic nitrogens is 3. The van der Waals surface area contributed by atoms with Gasteiger partial charge >= 0.3 is 6.29 Å². The number of nitrogens with zero attached hydrogens (tertiary/aromatic N) is 3. The maximum absolute atomic E-state index is 13.3. The van der Waals surface area contributed by atoms with Crippen LogP contribution in [-0.2, 0) is 0 Å². The standard InChI is InChI=1S/C22H15F2N5O5S/c1-10-27-13-5-6-25-18(19(13)35-10)21(31)29-14-9-26-17(32-2)8-12(14)20(30)28-11-3-4-15-16(7-11)34-22(23,24)33-15/h3-9H,1-2H3,(H,28,30)(H,29,31). The lowest BCUT2D eigenvalue weighted by atomic mass is 10.2. The summed E-state index contributed by atoms with van der Waals surface area (Å²) in [6, 6.07) is 6.84. The minimum absolute atomic E-state index is 0.0147. The van der Waals surface area contributed by atoms with Gasteiger partial charge in [-0.1, -0.05) is 0 Å². The summed E-state index contributed by atoms with van der Waals surface area (Å²) in [5.41, 5.74) is 1.04. The Hall–Kier alpha value is -4.39. The molecule has 4 heterocycles. The lowest BCUT2D eigenvalue weighted by Gasteiger charge is -2.12. The topological polar surface area (TPSA) is 125 Å². The molecule has 0 fully saturated rings. The van der Waals surface area contributed by atoms with Crippen LogP contribution in [0.15, 0.2) is 42.7 Å². The van der Waals surface area contributed by atoms with E-state index in [9.17, 15) is 18.4 Å². The number of anilines is 2. The lowest BCUT2D eigenvalue weighted by Crippen LogP contribution is -2.25. The number of ether oxygens (including phenoxy) is 3. The molecule has 0 unspecified atom stereocenters.